The van der Waals surface area contributed by atoms with Crippen LogP contribution in [0.25, 0.3) is 27.7 Å². The number of anilines is 1. The summed E-state index contributed by atoms with van der Waals surface area (Å²) < 4.78 is 1.94. The number of nitrogens with zero attached hydrogens (tertiary/aromatic N) is 6. The molecule has 4 aliphatic rings. The monoisotopic (exact) mass is 526 g/mol. The molecule has 202 valence electrons. The molecular weight excluding hydrogens is 492 g/mol. The summed E-state index contributed by atoms with van der Waals surface area (Å²) >= 11 is 0. The van der Waals surface area contributed by atoms with Gasteiger partial charge in [0.15, 0.2) is 5.65 Å². The Morgan fingerprint density at radius 3 is 2.51 bits per heavy atom. The standard InChI is InChI=1S/C29H34N8O2/c1-34-13-17-15-36(16-18(17)14-34)29-30-12-21-25(38)24(28(39)31-19-8-10-35(11-9-19)20-6-7-20)27-32-22-4-2-3-5-23(22)37(27)26(21)33-29/h2-5,12,17-20,32H,6-11,13-16H2,1H3,(H,31,39). The number of para-hydroxylation sites is 2. The number of aromatic amines is 1. The first-order chi connectivity index (χ1) is 19.0. The van der Waals surface area contributed by atoms with Gasteiger partial charge in [-0.2, -0.15) is 4.98 Å². The molecule has 3 saturated heterocycles. The Hall–Kier alpha value is -3.50. The number of imidazole rings is 1. The second kappa shape index (κ2) is 8.76. The first kappa shape index (κ1) is 23.4. The maximum absolute atomic E-state index is 13.9. The summed E-state index contributed by atoms with van der Waals surface area (Å²) in [4.78, 5) is 47.7. The lowest BCUT2D eigenvalue weighted by Gasteiger charge is -2.32. The second-order valence-electron chi connectivity index (χ2n) is 12.1. The van der Waals surface area contributed by atoms with E-state index < -0.39 is 0 Å². The van der Waals surface area contributed by atoms with E-state index in [4.69, 9.17) is 4.98 Å². The SMILES string of the molecule is CN1CC2CN(c3ncc4c(=O)c(C(=O)NC5CCN(C6CC6)CC5)c5[nH]c6ccccc6n5c4n3)CC2C1. The Morgan fingerprint density at radius 2 is 1.77 bits per heavy atom. The molecule has 4 fully saturated rings. The zero-order valence-corrected chi connectivity index (χ0v) is 22.3. The maximum Gasteiger partial charge on any atom is 0.259 e. The van der Waals surface area contributed by atoms with Crippen molar-refractivity contribution in [2.24, 2.45) is 11.8 Å². The van der Waals surface area contributed by atoms with Gasteiger partial charge in [0, 0.05) is 57.5 Å². The van der Waals surface area contributed by atoms with Gasteiger partial charge in [0.25, 0.3) is 5.91 Å². The van der Waals surface area contributed by atoms with Gasteiger partial charge in [-0.05, 0) is 56.7 Å². The molecule has 6 heterocycles. The highest BCUT2D eigenvalue weighted by molar-refractivity contribution is 6.05. The molecule has 1 amide bonds. The van der Waals surface area contributed by atoms with E-state index in [2.05, 4.69) is 37.0 Å². The smallest absolute Gasteiger partial charge is 0.259 e. The Bertz CT molecular complexity index is 1650. The van der Waals surface area contributed by atoms with E-state index in [9.17, 15) is 9.59 Å². The molecule has 4 aromatic rings. The molecule has 3 aromatic heterocycles. The number of H-pyrrole nitrogens is 1. The second-order valence-corrected chi connectivity index (χ2v) is 12.1. The van der Waals surface area contributed by atoms with Gasteiger partial charge in [-0.1, -0.05) is 12.1 Å². The lowest BCUT2D eigenvalue weighted by atomic mass is 10.0. The largest absolute Gasteiger partial charge is 0.349 e. The molecule has 2 unspecified atom stereocenters. The topological polar surface area (TPSA) is 102 Å². The van der Waals surface area contributed by atoms with Crippen LogP contribution in [0.2, 0.25) is 0 Å². The molecule has 1 aliphatic carbocycles. The van der Waals surface area contributed by atoms with Gasteiger partial charge in [0.1, 0.15) is 11.2 Å². The van der Waals surface area contributed by atoms with Crippen molar-refractivity contribution in [3.63, 3.8) is 0 Å². The number of carbonyl (C=O) groups excluding carboxylic acids is 1. The van der Waals surface area contributed by atoms with Crippen LogP contribution in [0.3, 0.4) is 0 Å². The molecule has 8 rings (SSSR count). The lowest BCUT2D eigenvalue weighted by Crippen LogP contribution is -2.46. The summed E-state index contributed by atoms with van der Waals surface area (Å²) in [5.74, 6) is 1.56. The highest BCUT2D eigenvalue weighted by atomic mass is 16.2. The van der Waals surface area contributed by atoms with Crippen molar-refractivity contribution in [3.8, 4) is 0 Å². The van der Waals surface area contributed by atoms with Crippen LogP contribution >= 0.6 is 0 Å². The number of likely N-dealkylation sites (tertiary alicyclic amines) is 2. The summed E-state index contributed by atoms with van der Waals surface area (Å²) in [6, 6.07) is 8.69. The highest BCUT2D eigenvalue weighted by Crippen LogP contribution is 2.33. The fourth-order valence-electron chi connectivity index (χ4n) is 7.27. The molecule has 2 atom stereocenters. The predicted molar refractivity (Wildman–Crippen MR) is 150 cm³/mol. The van der Waals surface area contributed by atoms with Crippen LogP contribution in [0.5, 0.6) is 0 Å². The number of pyridine rings is 1. The molecular formula is C29H34N8O2. The summed E-state index contributed by atoms with van der Waals surface area (Å²) in [5.41, 5.74) is 2.59. The Kier molecular flexibility index (Phi) is 5.25. The number of hydrogen-bond acceptors (Lipinski definition) is 7. The zero-order chi connectivity index (χ0) is 26.2. The molecule has 10 heteroatoms. The highest BCUT2D eigenvalue weighted by Gasteiger charge is 2.40. The minimum atomic E-state index is -0.323. The number of fused-ring (bicyclic) bond motifs is 6. The van der Waals surface area contributed by atoms with Crippen LogP contribution in [-0.4, -0.2) is 93.5 Å². The average molecular weight is 527 g/mol. The summed E-state index contributed by atoms with van der Waals surface area (Å²) in [5, 5.41) is 3.56. The fraction of sp³-hybridized carbons (Fsp3) is 0.517. The van der Waals surface area contributed by atoms with E-state index in [1.165, 1.54) is 12.8 Å². The van der Waals surface area contributed by atoms with E-state index in [1.807, 2.05) is 28.7 Å². The van der Waals surface area contributed by atoms with Crippen molar-refractivity contribution < 1.29 is 4.79 Å². The minimum Gasteiger partial charge on any atom is -0.349 e. The van der Waals surface area contributed by atoms with Crippen molar-refractivity contribution in [1.82, 2.24) is 34.5 Å². The van der Waals surface area contributed by atoms with Gasteiger partial charge in [-0.3, -0.25) is 14.0 Å². The third kappa shape index (κ3) is 3.83. The molecule has 10 nitrogen and oxygen atoms in total. The van der Waals surface area contributed by atoms with Crippen molar-refractivity contribution in [2.45, 2.75) is 37.8 Å². The number of piperidine rings is 1. The Morgan fingerprint density at radius 1 is 1.03 bits per heavy atom. The number of amides is 1. The van der Waals surface area contributed by atoms with Gasteiger partial charge in [0.05, 0.1) is 16.4 Å². The summed E-state index contributed by atoms with van der Waals surface area (Å²) in [7, 11) is 2.18. The van der Waals surface area contributed by atoms with Crippen LogP contribution in [0, 0.1) is 11.8 Å². The van der Waals surface area contributed by atoms with Gasteiger partial charge in [0.2, 0.25) is 11.4 Å². The molecule has 0 bridgehead atoms. The molecule has 0 radical (unpaired) electrons. The summed E-state index contributed by atoms with van der Waals surface area (Å²) in [6.45, 7) is 6.04. The Balaban J connectivity index is 1.19. The molecule has 39 heavy (non-hydrogen) atoms. The Labute approximate surface area is 226 Å². The molecule has 1 aromatic carbocycles. The number of benzene rings is 1. The molecule has 1 saturated carbocycles. The number of hydrogen-bond donors (Lipinski definition) is 2. The summed E-state index contributed by atoms with van der Waals surface area (Å²) in [6.07, 6.45) is 6.03. The van der Waals surface area contributed by atoms with E-state index in [1.54, 1.807) is 6.20 Å². The van der Waals surface area contributed by atoms with Crippen LogP contribution in [0.1, 0.15) is 36.0 Å². The predicted octanol–water partition coefficient (Wildman–Crippen LogP) is 2.08. The quantitative estimate of drug-likeness (QED) is 0.420. The molecule has 2 N–H and O–H groups in total. The van der Waals surface area contributed by atoms with Crippen molar-refractivity contribution in [3.05, 3.63) is 46.2 Å². The third-order valence-corrected chi connectivity index (χ3v) is 9.40. The number of aromatic nitrogens is 4. The zero-order valence-electron chi connectivity index (χ0n) is 22.3. The fourth-order valence-corrected chi connectivity index (χ4v) is 7.27. The van der Waals surface area contributed by atoms with Crippen molar-refractivity contribution >= 4 is 39.6 Å². The van der Waals surface area contributed by atoms with Crippen LogP contribution in [-0.2, 0) is 0 Å². The van der Waals surface area contributed by atoms with Crippen molar-refractivity contribution in [2.75, 3.05) is 51.2 Å². The van der Waals surface area contributed by atoms with Gasteiger partial charge in [-0.15, -0.1) is 0 Å². The number of carbonyl (C=O) groups is 1. The van der Waals surface area contributed by atoms with Gasteiger partial charge >= 0.3 is 0 Å². The average Bonchev–Trinajstić information content (AvgIpc) is 3.47. The van der Waals surface area contributed by atoms with Crippen LogP contribution in [0.15, 0.2) is 35.3 Å². The molecule has 0 spiro atoms. The van der Waals surface area contributed by atoms with E-state index in [0.717, 1.165) is 69.2 Å². The van der Waals surface area contributed by atoms with Crippen LogP contribution < -0.4 is 15.6 Å². The van der Waals surface area contributed by atoms with Crippen molar-refractivity contribution in [1.29, 1.82) is 0 Å². The number of rotatable bonds is 4. The van der Waals surface area contributed by atoms with Crippen LogP contribution in [0.4, 0.5) is 5.95 Å². The lowest BCUT2D eigenvalue weighted by molar-refractivity contribution is 0.0909. The van der Waals surface area contributed by atoms with E-state index in [-0.39, 0.29) is 22.9 Å². The maximum atomic E-state index is 13.9. The van der Waals surface area contributed by atoms with Gasteiger partial charge in [-0.25, -0.2) is 4.98 Å². The first-order valence-electron chi connectivity index (χ1n) is 14.3. The molecule has 3 aliphatic heterocycles. The number of nitrogens with one attached hydrogen (secondary N) is 2. The minimum absolute atomic E-state index is 0.0688. The van der Waals surface area contributed by atoms with E-state index in [0.29, 0.717) is 34.5 Å². The van der Waals surface area contributed by atoms with Gasteiger partial charge < -0.3 is 25.0 Å². The first-order valence-corrected chi connectivity index (χ1v) is 14.3. The normalized spacial score (nSPS) is 24.8. The van der Waals surface area contributed by atoms with E-state index >= 15 is 0 Å². The third-order valence-electron chi connectivity index (χ3n) is 9.40.